The molecule has 1 atom stereocenters. The smallest absolute Gasteiger partial charge is 0.198 e. The second-order valence-electron chi connectivity index (χ2n) is 5.13. The van der Waals surface area contributed by atoms with Crippen LogP contribution in [0.3, 0.4) is 0 Å². The normalized spacial score (nSPS) is 21.3. The van der Waals surface area contributed by atoms with Crippen LogP contribution in [0.4, 0.5) is 0 Å². The molecule has 0 bridgehead atoms. The second-order valence-corrected chi connectivity index (χ2v) is 7.36. The van der Waals surface area contributed by atoms with Crippen molar-refractivity contribution < 1.29 is 18.3 Å². The Morgan fingerprint density at radius 3 is 2.95 bits per heavy atom. The van der Waals surface area contributed by atoms with Crippen LogP contribution in [-0.4, -0.2) is 49.4 Å². The first-order valence-electron chi connectivity index (χ1n) is 6.61. The number of nitrogens with one attached hydrogen (secondary N) is 1. The molecule has 0 radical (unpaired) electrons. The van der Waals surface area contributed by atoms with Gasteiger partial charge in [-0.15, -0.1) is 0 Å². The maximum absolute atomic E-state index is 11.4. The Kier molecular flexibility index (Phi) is 3.36. The van der Waals surface area contributed by atoms with E-state index in [1.54, 1.807) is 25.5 Å². The fraction of sp³-hybridized carbons (Fsp3) is 0.357. The molecule has 0 spiro atoms. The monoisotopic (exact) mass is 308 g/mol. The van der Waals surface area contributed by atoms with E-state index < -0.39 is 9.84 Å². The largest absolute Gasteiger partial charge is 0.497 e. The van der Waals surface area contributed by atoms with E-state index in [2.05, 4.69) is 9.98 Å². The van der Waals surface area contributed by atoms with Gasteiger partial charge in [0.1, 0.15) is 5.75 Å². The van der Waals surface area contributed by atoms with Crippen molar-refractivity contribution in [1.29, 1.82) is 0 Å². The third-order valence-electron chi connectivity index (χ3n) is 3.65. The van der Waals surface area contributed by atoms with Crippen molar-refractivity contribution in [3.8, 4) is 11.6 Å². The van der Waals surface area contributed by atoms with E-state index >= 15 is 0 Å². The minimum atomic E-state index is -2.95. The molecule has 112 valence electrons. The SMILES string of the molecule is COc1ccc2[nH]c(O)c(C=NC3CCS(=O)(=O)C3)c2c1. The van der Waals surface area contributed by atoms with Crippen LogP contribution >= 0.6 is 0 Å². The molecule has 1 fully saturated rings. The van der Waals surface area contributed by atoms with Crippen LogP contribution in [0.1, 0.15) is 12.0 Å². The number of methoxy groups -OCH3 is 1. The molecule has 1 unspecified atom stereocenters. The van der Waals surface area contributed by atoms with Gasteiger partial charge in [-0.2, -0.15) is 0 Å². The molecule has 3 rings (SSSR count). The number of ether oxygens (including phenoxy) is 1. The van der Waals surface area contributed by atoms with Gasteiger partial charge in [-0.05, 0) is 24.6 Å². The summed E-state index contributed by atoms with van der Waals surface area (Å²) in [6.07, 6.45) is 2.07. The Balaban J connectivity index is 1.94. The third kappa shape index (κ3) is 2.73. The lowest BCUT2D eigenvalue weighted by atomic mass is 10.1. The molecular formula is C14H16N2O4S. The van der Waals surface area contributed by atoms with Gasteiger partial charge in [-0.3, -0.25) is 4.99 Å². The molecule has 1 aromatic carbocycles. The van der Waals surface area contributed by atoms with E-state index in [0.717, 1.165) is 10.9 Å². The first kappa shape index (κ1) is 13.9. The van der Waals surface area contributed by atoms with Gasteiger partial charge in [-0.25, -0.2) is 8.42 Å². The first-order valence-corrected chi connectivity index (χ1v) is 8.43. The number of aliphatic imine (C=N–C) groups is 1. The topological polar surface area (TPSA) is 91.8 Å². The summed E-state index contributed by atoms with van der Waals surface area (Å²) in [6, 6.07) is 5.18. The Labute approximate surface area is 122 Å². The second kappa shape index (κ2) is 5.07. The summed E-state index contributed by atoms with van der Waals surface area (Å²) in [6.45, 7) is 0. The van der Waals surface area contributed by atoms with Crippen molar-refractivity contribution in [1.82, 2.24) is 4.98 Å². The predicted molar refractivity (Wildman–Crippen MR) is 81.2 cm³/mol. The van der Waals surface area contributed by atoms with E-state index in [1.807, 2.05) is 6.07 Å². The van der Waals surface area contributed by atoms with Gasteiger partial charge < -0.3 is 14.8 Å². The molecule has 7 heteroatoms. The molecule has 2 aromatic rings. The van der Waals surface area contributed by atoms with E-state index in [0.29, 0.717) is 17.7 Å². The summed E-state index contributed by atoms with van der Waals surface area (Å²) in [7, 11) is -1.38. The molecule has 1 aromatic heterocycles. The Bertz CT molecular complexity index is 808. The molecule has 2 N–H and O–H groups in total. The highest BCUT2D eigenvalue weighted by Crippen LogP contribution is 2.29. The van der Waals surface area contributed by atoms with E-state index in [-0.39, 0.29) is 23.4 Å². The van der Waals surface area contributed by atoms with Gasteiger partial charge in [0.25, 0.3) is 0 Å². The minimum Gasteiger partial charge on any atom is -0.497 e. The summed E-state index contributed by atoms with van der Waals surface area (Å²) < 4.78 is 28.0. The van der Waals surface area contributed by atoms with Crippen LogP contribution in [-0.2, 0) is 9.84 Å². The van der Waals surface area contributed by atoms with Gasteiger partial charge in [-0.1, -0.05) is 0 Å². The van der Waals surface area contributed by atoms with Crippen LogP contribution < -0.4 is 4.74 Å². The van der Waals surface area contributed by atoms with Gasteiger partial charge in [0.05, 0.1) is 30.2 Å². The fourth-order valence-electron chi connectivity index (χ4n) is 2.51. The molecule has 0 aliphatic carbocycles. The molecule has 1 aliphatic rings. The molecule has 1 aliphatic heterocycles. The number of hydrogen-bond acceptors (Lipinski definition) is 5. The molecule has 0 amide bonds. The number of hydrogen-bond donors (Lipinski definition) is 2. The van der Waals surface area contributed by atoms with E-state index in [9.17, 15) is 13.5 Å². The van der Waals surface area contributed by atoms with Crippen molar-refractivity contribution in [3.63, 3.8) is 0 Å². The number of aromatic hydroxyl groups is 1. The Morgan fingerprint density at radius 2 is 2.29 bits per heavy atom. The molecule has 0 saturated carbocycles. The number of aromatic amines is 1. The first-order chi connectivity index (χ1) is 9.98. The van der Waals surface area contributed by atoms with Gasteiger partial charge in [0.15, 0.2) is 15.7 Å². The maximum atomic E-state index is 11.4. The average Bonchev–Trinajstić information content (AvgIpc) is 2.94. The average molecular weight is 308 g/mol. The summed E-state index contributed by atoms with van der Waals surface area (Å²) in [4.78, 5) is 7.16. The fourth-order valence-corrected chi connectivity index (χ4v) is 4.15. The summed E-state index contributed by atoms with van der Waals surface area (Å²) in [5.41, 5.74) is 1.32. The van der Waals surface area contributed by atoms with E-state index in [4.69, 9.17) is 4.74 Å². The number of fused-ring (bicyclic) bond motifs is 1. The highest BCUT2D eigenvalue weighted by Gasteiger charge is 2.27. The van der Waals surface area contributed by atoms with Crippen molar-refractivity contribution in [3.05, 3.63) is 23.8 Å². The van der Waals surface area contributed by atoms with Crippen LogP contribution in [0.5, 0.6) is 11.6 Å². The molecule has 21 heavy (non-hydrogen) atoms. The summed E-state index contributed by atoms with van der Waals surface area (Å²) in [5, 5.41) is 10.8. The quantitative estimate of drug-likeness (QED) is 0.840. The zero-order valence-corrected chi connectivity index (χ0v) is 12.4. The van der Waals surface area contributed by atoms with Crippen LogP contribution in [0.25, 0.3) is 10.9 Å². The lowest BCUT2D eigenvalue weighted by Gasteiger charge is -2.01. The highest BCUT2D eigenvalue weighted by molar-refractivity contribution is 7.91. The number of benzene rings is 1. The van der Waals surface area contributed by atoms with Crippen LogP contribution in [0, 0.1) is 0 Å². The molecule has 6 nitrogen and oxygen atoms in total. The molecular weight excluding hydrogens is 292 g/mol. The van der Waals surface area contributed by atoms with Crippen molar-refractivity contribution in [2.45, 2.75) is 12.5 Å². The highest BCUT2D eigenvalue weighted by atomic mass is 32.2. The standard InChI is InChI=1S/C14H16N2O4S/c1-20-10-2-3-13-11(6-10)12(14(17)16-13)7-15-9-4-5-21(18,19)8-9/h2-3,6-7,9,16-17H,4-5,8H2,1H3. The number of nitrogens with zero attached hydrogens (tertiary/aromatic N) is 1. The van der Waals surface area contributed by atoms with Crippen molar-refractivity contribution in [2.75, 3.05) is 18.6 Å². The lowest BCUT2D eigenvalue weighted by molar-refractivity contribution is 0.415. The van der Waals surface area contributed by atoms with Crippen LogP contribution in [0.2, 0.25) is 0 Å². The number of sulfone groups is 1. The van der Waals surface area contributed by atoms with Crippen LogP contribution in [0.15, 0.2) is 23.2 Å². The summed E-state index contributed by atoms with van der Waals surface area (Å²) in [5.74, 6) is 0.959. The minimum absolute atomic E-state index is 0.0165. The van der Waals surface area contributed by atoms with E-state index in [1.165, 1.54) is 0 Å². The number of H-pyrrole nitrogens is 1. The molecule has 1 saturated heterocycles. The lowest BCUT2D eigenvalue weighted by Crippen LogP contribution is -2.07. The zero-order chi connectivity index (χ0) is 15.0. The van der Waals surface area contributed by atoms with Crippen molar-refractivity contribution >= 4 is 27.0 Å². The Hall–Kier alpha value is -2.02. The predicted octanol–water partition coefficient (Wildman–Crippen LogP) is 1.49. The van der Waals surface area contributed by atoms with Gasteiger partial charge in [0, 0.05) is 17.1 Å². The number of rotatable bonds is 3. The number of aromatic nitrogens is 1. The van der Waals surface area contributed by atoms with Gasteiger partial charge in [0.2, 0.25) is 0 Å². The third-order valence-corrected chi connectivity index (χ3v) is 5.40. The Morgan fingerprint density at radius 1 is 1.48 bits per heavy atom. The summed E-state index contributed by atoms with van der Waals surface area (Å²) >= 11 is 0. The van der Waals surface area contributed by atoms with Gasteiger partial charge >= 0.3 is 0 Å². The molecule has 2 heterocycles. The zero-order valence-electron chi connectivity index (χ0n) is 11.5. The maximum Gasteiger partial charge on any atom is 0.198 e. The van der Waals surface area contributed by atoms with Crippen molar-refractivity contribution in [2.24, 2.45) is 4.99 Å².